The number of nitrogens with zero attached hydrogens (tertiary/aromatic N) is 2. The van der Waals surface area contributed by atoms with E-state index < -0.39 is 0 Å². The summed E-state index contributed by atoms with van der Waals surface area (Å²) in [4.78, 5) is 3.64. The summed E-state index contributed by atoms with van der Waals surface area (Å²) in [7, 11) is 3.64. The lowest BCUT2D eigenvalue weighted by atomic mass is 9.92. The van der Waals surface area contributed by atoms with Crippen LogP contribution in [0.25, 0.3) is 0 Å². The zero-order valence-corrected chi connectivity index (χ0v) is 15.8. The molecule has 0 saturated carbocycles. The summed E-state index contributed by atoms with van der Waals surface area (Å²) in [5, 5.41) is 12.5. The van der Waals surface area contributed by atoms with E-state index in [0.717, 1.165) is 47.0 Å². The zero-order valence-electron chi connectivity index (χ0n) is 15.0. The molecular formula is C20H23FN2O2S. The van der Waals surface area contributed by atoms with Gasteiger partial charge in [0.15, 0.2) is 5.84 Å². The molecule has 0 spiro atoms. The van der Waals surface area contributed by atoms with Crippen LogP contribution in [-0.4, -0.2) is 43.3 Å². The van der Waals surface area contributed by atoms with Gasteiger partial charge in [0.1, 0.15) is 5.82 Å². The molecule has 1 N–H and O–H groups in total. The quantitative estimate of drug-likeness (QED) is 0.369. The number of oxime groups is 1. The van der Waals surface area contributed by atoms with Gasteiger partial charge >= 0.3 is 0 Å². The first-order valence-corrected chi connectivity index (χ1v) is 9.44. The van der Waals surface area contributed by atoms with E-state index in [0.29, 0.717) is 11.8 Å². The fourth-order valence-electron chi connectivity index (χ4n) is 3.12. The highest BCUT2D eigenvalue weighted by Gasteiger charge is 2.17. The molecule has 2 aromatic carbocycles. The van der Waals surface area contributed by atoms with Crippen molar-refractivity contribution in [1.82, 2.24) is 4.90 Å². The van der Waals surface area contributed by atoms with Gasteiger partial charge in [0.25, 0.3) is 0 Å². The smallest absolute Gasteiger partial charge is 0.174 e. The normalized spacial score (nSPS) is 15.9. The fraction of sp³-hybridized carbons (Fsp3) is 0.350. The van der Waals surface area contributed by atoms with Crippen LogP contribution in [0.15, 0.2) is 57.4 Å². The van der Waals surface area contributed by atoms with Crippen LogP contribution in [0.3, 0.4) is 0 Å². The van der Waals surface area contributed by atoms with Crippen LogP contribution < -0.4 is 0 Å². The van der Waals surface area contributed by atoms with Gasteiger partial charge in [-0.05, 0) is 54.7 Å². The molecule has 1 saturated heterocycles. The van der Waals surface area contributed by atoms with Crippen LogP contribution in [0.5, 0.6) is 0 Å². The SMILES string of the molecule is CN(C)/C(=N\O)c1ccc(Sc2cc(F)cc(C3CCOCC3)c2)cc1. The van der Waals surface area contributed by atoms with Crippen LogP contribution in [0.2, 0.25) is 0 Å². The van der Waals surface area contributed by atoms with Gasteiger partial charge in [-0.2, -0.15) is 0 Å². The standard InChI is InChI=1S/C20H23FN2O2S/c1-23(2)20(22-24)15-3-5-18(6-4-15)26-19-12-16(11-17(21)13-19)14-7-9-25-10-8-14/h3-6,11-14,24H,7-10H2,1-2H3/b22-20-. The van der Waals surface area contributed by atoms with Crippen molar-refractivity contribution in [2.75, 3.05) is 27.3 Å². The number of hydrogen-bond donors (Lipinski definition) is 1. The average molecular weight is 374 g/mol. The molecule has 0 atom stereocenters. The van der Waals surface area contributed by atoms with E-state index in [9.17, 15) is 4.39 Å². The van der Waals surface area contributed by atoms with Crippen LogP contribution in [0.1, 0.15) is 29.9 Å². The molecular weight excluding hydrogens is 351 g/mol. The lowest BCUT2D eigenvalue weighted by molar-refractivity contribution is 0.0852. The van der Waals surface area contributed by atoms with Crippen molar-refractivity contribution in [2.24, 2.45) is 5.16 Å². The Bertz CT molecular complexity index is 772. The van der Waals surface area contributed by atoms with E-state index in [4.69, 9.17) is 9.94 Å². The Morgan fingerprint density at radius 3 is 2.42 bits per heavy atom. The third kappa shape index (κ3) is 4.56. The molecule has 0 radical (unpaired) electrons. The number of benzene rings is 2. The number of halogens is 1. The Kier molecular flexibility index (Phi) is 6.16. The van der Waals surface area contributed by atoms with Crippen LogP contribution >= 0.6 is 11.8 Å². The van der Waals surface area contributed by atoms with E-state index in [1.165, 1.54) is 11.8 Å². The van der Waals surface area contributed by atoms with E-state index in [-0.39, 0.29) is 5.82 Å². The molecule has 138 valence electrons. The molecule has 0 bridgehead atoms. The Morgan fingerprint density at radius 2 is 1.81 bits per heavy atom. The van der Waals surface area contributed by atoms with Crippen LogP contribution in [-0.2, 0) is 4.74 Å². The average Bonchev–Trinajstić information content (AvgIpc) is 2.64. The van der Waals surface area contributed by atoms with Crippen molar-refractivity contribution in [2.45, 2.75) is 28.6 Å². The summed E-state index contributed by atoms with van der Waals surface area (Å²) in [6.45, 7) is 1.48. The summed E-state index contributed by atoms with van der Waals surface area (Å²) in [5.41, 5.74) is 1.87. The van der Waals surface area contributed by atoms with Crippen molar-refractivity contribution < 1.29 is 14.3 Å². The third-order valence-corrected chi connectivity index (χ3v) is 5.43. The topological polar surface area (TPSA) is 45.1 Å². The molecule has 0 unspecified atom stereocenters. The Balaban J connectivity index is 1.77. The van der Waals surface area contributed by atoms with E-state index in [1.807, 2.05) is 38.4 Å². The van der Waals surface area contributed by atoms with Gasteiger partial charge in [-0.1, -0.05) is 29.1 Å². The minimum absolute atomic E-state index is 0.199. The van der Waals surface area contributed by atoms with Gasteiger partial charge < -0.3 is 14.8 Å². The van der Waals surface area contributed by atoms with Gasteiger partial charge in [-0.3, -0.25) is 0 Å². The predicted molar refractivity (Wildman–Crippen MR) is 102 cm³/mol. The minimum Gasteiger partial charge on any atom is -0.409 e. The van der Waals surface area contributed by atoms with Gasteiger partial charge in [-0.15, -0.1) is 0 Å². The zero-order chi connectivity index (χ0) is 18.5. The summed E-state index contributed by atoms with van der Waals surface area (Å²) in [6.07, 6.45) is 1.88. The van der Waals surface area contributed by atoms with Crippen molar-refractivity contribution in [1.29, 1.82) is 0 Å². The first-order chi connectivity index (χ1) is 12.6. The molecule has 0 aromatic heterocycles. The monoisotopic (exact) mass is 374 g/mol. The molecule has 0 aliphatic carbocycles. The van der Waals surface area contributed by atoms with Crippen molar-refractivity contribution >= 4 is 17.6 Å². The largest absolute Gasteiger partial charge is 0.409 e. The highest BCUT2D eigenvalue weighted by molar-refractivity contribution is 7.99. The van der Waals surface area contributed by atoms with E-state index in [2.05, 4.69) is 11.2 Å². The van der Waals surface area contributed by atoms with Crippen molar-refractivity contribution in [3.63, 3.8) is 0 Å². The molecule has 1 fully saturated rings. The molecule has 3 rings (SSSR count). The molecule has 1 heterocycles. The van der Waals surface area contributed by atoms with Gasteiger partial charge in [0.05, 0.1) is 0 Å². The maximum Gasteiger partial charge on any atom is 0.174 e. The van der Waals surface area contributed by atoms with Crippen molar-refractivity contribution in [3.8, 4) is 0 Å². The van der Waals surface area contributed by atoms with Crippen LogP contribution in [0, 0.1) is 5.82 Å². The highest BCUT2D eigenvalue weighted by Crippen LogP contribution is 2.34. The molecule has 1 aliphatic rings. The summed E-state index contributed by atoms with van der Waals surface area (Å²) in [6, 6.07) is 13.0. The summed E-state index contributed by atoms with van der Waals surface area (Å²) >= 11 is 1.53. The molecule has 1 aliphatic heterocycles. The maximum atomic E-state index is 14.1. The van der Waals surface area contributed by atoms with E-state index in [1.54, 1.807) is 17.0 Å². The lowest BCUT2D eigenvalue weighted by Crippen LogP contribution is -2.22. The van der Waals surface area contributed by atoms with Crippen molar-refractivity contribution in [3.05, 3.63) is 59.4 Å². The fourth-order valence-corrected chi connectivity index (χ4v) is 4.03. The Labute approximate surface area is 157 Å². The lowest BCUT2D eigenvalue weighted by Gasteiger charge is -2.23. The second kappa shape index (κ2) is 8.56. The van der Waals surface area contributed by atoms with Gasteiger partial charge in [-0.25, -0.2) is 4.39 Å². The predicted octanol–water partition coefficient (Wildman–Crippen LogP) is 4.57. The summed E-state index contributed by atoms with van der Waals surface area (Å²) < 4.78 is 19.5. The number of amidine groups is 1. The van der Waals surface area contributed by atoms with Crippen LogP contribution in [0.4, 0.5) is 4.39 Å². The highest BCUT2D eigenvalue weighted by atomic mass is 32.2. The second-order valence-electron chi connectivity index (χ2n) is 6.55. The molecule has 26 heavy (non-hydrogen) atoms. The Hall–Kier alpha value is -2.05. The molecule has 2 aromatic rings. The molecule has 4 nitrogen and oxygen atoms in total. The number of hydrogen-bond acceptors (Lipinski definition) is 4. The Morgan fingerprint density at radius 1 is 1.12 bits per heavy atom. The third-order valence-electron chi connectivity index (χ3n) is 4.45. The molecule has 6 heteroatoms. The first kappa shape index (κ1) is 18.7. The first-order valence-electron chi connectivity index (χ1n) is 8.62. The molecule has 0 amide bonds. The van der Waals surface area contributed by atoms with E-state index >= 15 is 0 Å². The maximum absolute atomic E-state index is 14.1. The van der Waals surface area contributed by atoms with Gasteiger partial charge in [0, 0.05) is 42.7 Å². The van der Waals surface area contributed by atoms with Gasteiger partial charge in [0.2, 0.25) is 0 Å². The number of ether oxygens (including phenoxy) is 1. The minimum atomic E-state index is -0.199. The second-order valence-corrected chi connectivity index (χ2v) is 7.70. The summed E-state index contributed by atoms with van der Waals surface area (Å²) in [5.74, 6) is 0.661. The number of rotatable bonds is 4.